The number of ether oxygens (including phenoxy) is 7. The lowest BCUT2D eigenvalue weighted by molar-refractivity contribution is 0.0409. The minimum absolute atomic E-state index is 0.000509. The second kappa shape index (κ2) is 27.9. The third-order valence-electron chi connectivity index (χ3n) is 13.3. The Labute approximate surface area is 421 Å². The maximum atomic E-state index is 13.5. The maximum absolute atomic E-state index is 13.5. The van der Waals surface area contributed by atoms with Crippen molar-refractivity contribution in [3.63, 3.8) is 0 Å². The predicted octanol–water partition coefficient (Wildman–Crippen LogP) is 7.88. The second-order valence-electron chi connectivity index (χ2n) is 18.0. The fourth-order valence-corrected chi connectivity index (χ4v) is 9.90. The average molecular weight is 1000 g/mol. The molecule has 5 aromatic carbocycles. The summed E-state index contributed by atoms with van der Waals surface area (Å²) in [6.07, 6.45) is 3.95. The molecule has 0 aromatic heterocycles. The van der Waals surface area contributed by atoms with E-state index in [0.717, 1.165) is 113 Å². The highest BCUT2D eigenvalue weighted by Gasteiger charge is 2.30. The normalized spacial score (nSPS) is 20.9. The van der Waals surface area contributed by atoms with Gasteiger partial charge in [0.05, 0.1) is 63.6 Å². The summed E-state index contributed by atoms with van der Waals surface area (Å²) in [6.45, 7) is 7.38. The summed E-state index contributed by atoms with van der Waals surface area (Å²) in [6, 6.07) is 24.7. The molecule has 11 rings (SSSR count). The Morgan fingerprint density at radius 3 is 1.42 bits per heavy atom. The molecule has 6 aliphatic heterocycles. The summed E-state index contributed by atoms with van der Waals surface area (Å²) < 4.78 is 92.4. The van der Waals surface area contributed by atoms with Crippen molar-refractivity contribution < 1.29 is 50.7 Å². The Morgan fingerprint density at radius 1 is 0.417 bits per heavy atom. The topological polar surface area (TPSA) is 125 Å². The monoisotopic (exact) mass is 1000 g/mol. The van der Waals surface area contributed by atoms with Crippen LogP contribution in [0.5, 0.6) is 11.5 Å². The SMILES string of the molecule is CNC[C@@H]1OCCc2c(F)cccc21.CNC[C@@H]1OCCc2cc(F)ccc21.CNC[C@@H]1OCCc2ccc3c(c21)OCO3.CNC[C@@H]1OCCc2cccc(F)c21.CNC[C@H]1OCCc2cccc(F)c21. The number of hydrogen-bond acceptors (Lipinski definition) is 12. The molecule has 0 aliphatic carbocycles. The smallest absolute Gasteiger partial charge is 0.231 e. The summed E-state index contributed by atoms with van der Waals surface area (Å²) in [5.41, 5.74) is 10.1. The van der Waals surface area contributed by atoms with E-state index in [1.807, 2.05) is 65.6 Å². The molecule has 72 heavy (non-hydrogen) atoms. The van der Waals surface area contributed by atoms with Crippen LogP contribution in [-0.4, -0.2) is 108 Å². The van der Waals surface area contributed by atoms with Crippen LogP contribution in [0.25, 0.3) is 0 Å². The highest BCUT2D eigenvalue weighted by atomic mass is 19.1. The Morgan fingerprint density at radius 2 is 0.861 bits per heavy atom. The van der Waals surface area contributed by atoms with Crippen molar-refractivity contribution in [2.75, 3.05) is 108 Å². The van der Waals surface area contributed by atoms with Crippen molar-refractivity contribution in [3.8, 4) is 11.5 Å². The predicted molar refractivity (Wildman–Crippen MR) is 270 cm³/mol. The van der Waals surface area contributed by atoms with Crippen LogP contribution >= 0.6 is 0 Å². The van der Waals surface area contributed by atoms with Crippen molar-refractivity contribution in [3.05, 3.63) is 164 Å². The van der Waals surface area contributed by atoms with Gasteiger partial charge in [0.2, 0.25) is 6.79 Å². The number of rotatable bonds is 10. The summed E-state index contributed by atoms with van der Waals surface area (Å²) in [5.74, 6) is 1.15. The lowest BCUT2D eigenvalue weighted by atomic mass is 9.96. The Hall–Kier alpha value is -4.98. The molecule has 6 aliphatic rings. The Kier molecular flexibility index (Phi) is 21.2. The number of likely N-dealkylation sites (N-methyl/N-ethyl adjacent to an activating group) is 5. The van der Waals surface area contributed by atoms with Gasteiger partial charge in [0.25, 0.3) is 0 Å². The minimum atomic E-state index is -0.158. The lowest BCUT2D eigenvalue weighted by Gasteiger charge is -2.26. The molecule has 0 bridgehead atoms. The molecule has 5 N–H and O–H groups in total. The lowest BCUT2D eigenvalue weighted by Crippen LogP contribution is -2.26. The van der Waals surface area contributed by atoms with Gasteiger partial charge in [-0.25, -0.2) is 17.6 Å². The largest absolute Gasteiger partial charge is 0.454 e. The molecule has 0 amide bonds. The van der Waals surface area contributed by atoms with Crippen molar-refractivity contribution in [1.29, 1.82) is 0 Å². The van der Waals surface area contributed by atoms with Gasteiger partial charge in [-0.3, -0.25) is 0 Å². The average Bonchev–Trinajstić information content (AvgIpc) is 3.88. The van der Waals surface area contributed by atoms with E-state index in [-0.39, 0.29) is 53.8 Å². The van der Waals surface area contributed by atoms with E-state index in [1.165, 1.54) is 29.8 Å². The van der Waals surface area contributed by atoms with E-state index in [9.17, 15) is 17.6 Å². The Balaban J connectivity index is 0.000000132. The third kappa shape index (κ3) is 14.0. The maximum Gasteiger partial charge on any atom is 0.231 e. The summed E-state index contributed by atoms with van der Waals surface area (Å²) in [7, 11) is 9.38. The van der Waals surface area contributed by atoms with Crippen LogP contribution in [0.2, 0.25) is 0 Å². The van der Waals surface area contributed by atoms with Crippen LogP contribution in [0.3, 0.4) is 0 Å². The highest BCUT2D eigenvalue weighted by Crippen LogP contribution is 2.43. The molecule has 0 saturated heterocycles. The molecule has 0 radical (unpaired) electrons. The van der Waals surface area contributed by atoms with Gasteiger partial charge in [-0.2, -0.15) is 0 Å². The van der Waals surface area contributed by atoms with Gasteiger partial charge in [-0.05, 0) is 143 Å². The van der Waals surface area contributed by atoms with Crippen LogP contribution in [0.15, 0.2) is 84.9 Å². The van der Waals surface area contributed by atoms with E-state index in [0.29, 0.717) is 52.7 Å². The minimum Gasteiger partial charge on any atom is -0.454 e. The number of halogens is 4. The summed E-state index contributed by atoms with van der Waals surface area (Å²) >= 11 is 0. The fourth-order valence-electron chi connectivity index (χ4n) is 9.90. The van der Waals surface area contributed by atoms with Crippen molar-refractivity contribution in [2.24, 2.45) is 0 Å². The molecule has 390 valence electrons. The molecule has 16 heteroatoms. The van der Waals surface area contributed by atoms with Crippen LogP contribution in [-0.2, 0) is 55.8 Å². The van der Waals surface area contributed by atoms with Crippen molar-refractivity contribution >= 4 is 0 Å². The number of benzene rings is 5. The van der Waals surface area contributed by atoms with E-state index in [1.54, 1.807) is 24.3 Å². The summed E-state index contributed by atoms with van der Waals surface area (Å²) in [4.78, 5) is 0. The molecule has 6 heterocycles. The van der Waals surface area contributed by atoms with Crippen LogP contribution in [0.4, 0.5) is 17.6 Å². The van der Waals surface area contributed by atoms with E-state index < -0.39 is 0 Å². The first-order chi connectivity index (χ1) is 35.2. The first-order valence-corrected chi connectivity index (χ1v) is 25.0. The van der Waals surface area contributed by atoms with Crippen LogP contribution in [0, 0.1) is 23.3 Å². The number of nitrogens with one attached hydrogen (secondary N) is 5. The van der Waals surface area contributed by atoms with Gasteiger partial charge >= 0.3 is 0 Å². The van der Waals surface area contributed by atoms with Gasteiger partial charge in [0.15, 0.2) is 11.5 Å². The molecule has 0 spiro atoms. The van der Waals surface area contributed by atoms with Gasteiger partial charge in [-0.1, -0.05) is 48.5 Å². The molecule has 0 fully saturated rings. The molecule has 12 nitrogen and oxygen atoms in total. The first kappa shape index (κ1) is 54.8. The zero-order valence-electron chi connectivity index (χ0n) is 42.2. The zero-order chi connectivity index (χ0) is 50.8. The van der Waals surface area contributed by atoms with E-state index in [4.69, 9.17) is 33.2 Å². The zero-order valence-corrected chi connectivity index (χ0v) is 42.2. The molecule has 5 aromatic rings. The molecular weight excluding hydrogens is 931 g/mol. The number of hydrogen-bond donors (Lipinski definition) is 5. The van der Waals surface area contributed by atoms with Crippen molar-refractivity contribution in [2.45, 2.75) is 62.6 Å². The van der Waals surface area contributed by atoms with Crippen LogP contribution in [0.1, 0.15) is 86.2 Å². The van der Waals surface area contributed by atoms with Gasteiger partial charge in [-0.15, -0.1) is 0 Å². The molecule has 0 saturated carbocycles. The summed E-state index contributed by atoms with van der Waals surface area (Å²) in [5, 5.41) is 15.3. The standard InChI is InChI=1S/C12H15NO3.4C11H14FNO/c1-13-6-10-11-8(4-5-14-10)2-3-9-12(11)16-7-15-9;1-13-7-11-10-3-2-9(12)6-8(10)4-5-14-11;1-13-7-11-9-3-2-4-10(12)8(9)5-6-14-11;2*1-13-7-10-11-8(5-6-14-10)3-2-4-9(11)12/h2-3,10,13H,4-7H2,1H3;2-3,6,11,13H,4-5,7H2,1H3;2-4,11,13H,5-7H2,1H3;2*2-4,10,13H,5-7H2,1H3/t10-;2*11-;2*10-/m00010/s1. The van der Waals surface area contributed by atoms with Crippen LogP contribution < -0.4 is 36.1 Å². The Bertz CT molecular complexity index is 2440. The quantitative estimate of drug-likeness (QED) is 0.0876. The molecule has 5 atom stereocenters. The highest BCUT2D eigenvalue weighted by molar-refractivity contribution is 5.54. The van der Waals surface area contributed by atoms with Gasteiger partial charge in [0.1, 0.15) is 23.3 Å². The van der Waals surface area contributed by atoms with Crippen molar-refractivity contribution in [1.82, 2.24) is 26.6 Å². The fraction of sp³-hybridized carbons (Fsp3) is 0.464. The van der Waals surface area contributed by atoms with E-state index >= 15 is 0 Å². The first-order valence-electron chi connectivity index (χ1n) is 25.0. The number of fused-ring (bicyclic) bond motifs is 7. The van der Waals surface area contributed by atoms with Gasteiger partial charge in [0, 0.05) is 49.4 Å². The molecular formula is C56H71F4N5O7. The van der Waals surface area contributed by atoms with E-state index in [2.05, 4.69) is 32.7 Å². The van der Waals surface area contributed by atoms with Gasteiger partial charge < -0.3 is 59.7 Å². The second-order valence-corrected chi connectivity index (χ2v) is 18.0. The molecule has 0 unspecified atom stereocenters. The third-order valence-corrected chi connectivity index (χ3v) is 13.3.